The number of aliphatic hydroxyl groups is 1. The number of amides is 2. The van der Waals surface area contributed by atoms with Gasteiger partial charge in [-0.05, 0) is 59.9 Å². The lowest BCUT2D eigenvalue weighted by Gasteiger charge is -2.30. The number of carbonyl (C=O) groups excluding carboxylic acids is 2. The summed E-state index contributed by atoms with van der Waals surface area (Å²) in [5.41, 5.74) is 5.07. The minimum absolute atomic E-state index is 0.0994. The zero-order valence-electron chi connectivity index (χ0n) is 21.7. The summed E-state index contributed by atoms with van der Waals surface area (Å²) in [6, 6.07) is 19.0. The quantitative estimate of drug-likeness (QED) is 0.405. The maximum Gasteiger partial charge on any atom is 0.255 e. The van der Waals surface area contributed by atoms with Crippen LogP contribution in [0.1, 0.15) is 49.9 Å². The van der Waals surface area contributed by atoms with Crippen molar-refractivity contribution in [3.63, 3.8) is 0 Å². The van der Waals surface area contributed by atoms with Gasteiger partial charge in [0.05, 0.1) is 25.4 Å². The van der Waals surface area contributed by atoms with E-state index >= 15 is 0 Å². The highest BCUT2D eigenvalue weighted by Crippen LogP contribution is 2.32. The molecule has 8 nitrogen and oxygen atoms in total. The van der Waals surface area contributed by atoms with Crippen molar-refractivity contribution in [2.24, 2.45) is 0 Å². The van der Waals surface area contributed by atoms with Crippen molar-refractivity contribution in [3.8, 4) is 11.5 Å². The van der Waals surface area contributed by atoms with Gasteiger partial charge < -0.3 is 30.1 Å². The molecule has 38 heavy (non-hydrogen) atoms. The van der Waals surface area contributed by atoms with E-state index in [-0.39, 0.29) is 24.4 Å². The van der Waals surface area contributed by atoms with E-state index < -0.39 is 6.10 Å². The number of nitrogens with one attached hydrogen (secondary N) is 2. The third-order valence-electron chi connectivity index (χ3n) is 7.19. The summed E-state index contributed by atoms with van der Waals surface area (Å²) >= 11 is 0. The molecule has 0 fully saturated rings. The molecule has 2 amide bonds. The number of aliphatic hydroxyl groups excluding tert-OH is 1. The molecule has 198 valence electrons. The minimum atomic E-state index is -0.753. The van der Waals surface area contributed by atoms with Crippen LogP contribution in [0.2, 0.25) is 0 Å². The standard InChI is InChI=1S/C30H33N3O5/c1-3-38-28-14-24-22(18-33(30(24)36)17-19-7-6-10-23(11-19)37-2)12-25(28)29(35)32-16-27(34)26-13-20-8-4-5-9-21(20)15-31-26/h4-12,14,26-27,31,34H,3,13,15-18H2,1-2H3,(H,32,35)/t26-,27+/m0/s1. The molecule has 8 heteroatoms. The van der Waals surface area contributed by atoms with Gasteiger partial charge in [0.1, 0.15) is 11.5 Å². The lowest BCUT2D eigenvalue weighted by Crippen LogP contribution is -2.49. The summed E-state index contributed by atoms with van der Waals surface area (Å²) in [5.74, 6) is 0.652. The van der Waals surface area contributed by atoms with Gasteiger partial charge in [0.15, 0.2) is 0 Å². The summed E-state index contributed by atoms with van der Waals surface area (Å²) < 4.78 is 11.1. The van der Waals surface area contributed by atoms with Crippen molar-refractivity contribution in [1.82, 2.24) is 15.5 Å². The van der Waals surface area contributed by atoms with Gasteiger partial charge >= 0.3 is 0 Å². The zero-order chi connectivity index (χ0) is 26.6. The largest absolute Gasteiger partial charge is 0.497 e. The number of hydrogen-bond acceptors (Lipinski definition) is 6. The monoisotopic (exact) mass is 515 g/mol. The van der Waals surface area contributed by atoms with Gasteiger partial charge in [0, 0.05) is 37.8 Å². The van der Waals surface area contributed by atoms with Gasteiger partial charge in [-0.25, -0.2) is 0 Å². The van der Waals surface area contributed by atoms with Crippen LogP contribution < -0.4 is 20.1 Å². The normalized spacial score (nSPS) is 17.0. The molecular weight excluding hydrogens is 482 g/mol. The second kappa shape index (κ2) is 11.2. The van der Waals surface area contributed by atoms with Crippen LogP contribution >= 0.6 is 0 Å². The molecule has 0 unspecified atom stereocenters. The smallest absolute Gasteiger partial charge is 0.255 e. The van der Waals surface area contributed by atoms with Gasteiger partial charge in [0.25, 0.3) is 11.8 Å². The molecular formula is C30H33N3O5. The average molecular weight is 516 g/mol. The predicted octanol–water partition coefficient (Wildman–Crippen LogP) is 3.06. The Morgan fingerprint density at radius 1 is 1.13 bits per heavy atom. The van der Waals surface area contributed by atoms with E-state index in [2.05, 4.69) is 22.8 Å². The average Bonchev–Trinajstić information content (AvgIpc) is 3.24. The first kappa shape index (κ1) is 25.8. The number of methoxy groups -OCH3 is 1. The molecule has 3 N–H and O–H groups in total. The topological polar surface area (TPSA) is 100 Å². The summed E-state index contributed by atoms with van der Waals surface area (Å²) in [7, 11) is 1.61. The maximum atomic E-state index is 13.2. The first-order chi connectivity index (χ1) is 18.5. The van der Waals surface area contributed by atoms with Gasteiger partial charge in [-0.15, -0.1) is 0 Å². The number of ether oxygens (including phenoxy) is 2. The Hall–Kier alpha value is -3.88. The van der Waals surface area contributed by atoms with Crippen molar-refractivity contribution in [2.75, 3.05) is 20.3 Å². The third kappa shape index (κ3) is 5.37. The lowest BCUT2D eigenvalue weighted by molar-refractivity contribution is 0.0766. The van der Waals surface area contributed by atoms with Crippen LogP contribution in [0.15, 0.2) is 60.7 Å². The van der Waals surface area contributed by atoms with E-state index in [1.54, 1.807) is 24.1 Å². The second-order valence-corrected chi connectivity index (χ2v) is 9.69. The van der Waals surface area contributed by atoms with E-state index in [0.29, 0.717) is 49.5 Å². The van der Waals surface area contributed by atoms with E-state index in [9.17, 15) is 14.7 Å². The minimum Gasteiger partial charge on any atom is -0.497 e. The molecule has 2 aliphatic heterocycles. The van der Waals surface area contributed by atoms with Crippen molar-refractivity contribution in [1.29, 1.82) is 0 Å². The molecule has 0 saturated carbocycles. The second-order valence-electron chi connectivity index (χ2n) is 9.69. The molecule has 5 rings (SSSR count). The number of rotatable bonds is 9. The molecule has 2 aliphatic rings. The van der Waals surface area contributed by atoms with Crippen LogP contribution in [-0.2, 0) is 26.1 Å². The highest BCUT2D eigenvalue weighted by Gasteiger charge is 2.31. The van der Waals surface area contributed by atoms with Gasteiger partial charge in [0.2, 0.25) is 0 Å². The Bertz CT molecular complexity index is 1340. The van der Waals surface area contributed by atoms with Crippen molar-refractivity contribution >= 4 is 11.8 Å². The summed E-state index contributed by atoms with van der Waals surface area (Å²) in [4.78, 5) is 28.1. The fourth-order valence-electron chi connectivity index (χ4n) is 5.16. The zero-order valence-corrected chi connectivity index (χ0v) is 21.7. The molecule has 2 atom stereocenters. The number of carbonyl (C=O) groups is 2. The van der Waals surface area contributed by atoms with Gasteiger partial charge in [-0.1, -0.05) is 36.4 Å². The van der Waals surface area contributed by atoms with E-state index in [0.717, 1.165) is 16.9 Å². The number of hydrogen-bond donors (Lipinski definition) is 3. The summed E-state index contributed by atoms with van der Waals surface area (Å²) in [5, 5.41) is 17.0. The van der Waals surface area contributed by atoms with E-state index in [4.69, 9.17) is 9.47 Å². The molecule has 3 aromatic rings. The Morgan fingerprint density at radius 2 is 1.95 bits per heavy atom. The molecule has 0 radical (unpaired) electrons. The van der Waals surface area contributed by atoms with Crippen LogP contribution in [-0.4, -0.2) is 54.2 Å². The van der Waals surface area contributed by atoms with Gasteiger partial charge in [-0.3, -0.25) is 9.59 Å². The molecule has 0 spiro atoms. The van der Waals surface area contributed by atoms with Crippen LogP contribution in [0.5, 0.6) is 11.5 Å². The summed E-state index contributed by atoms with van der Waals surface area (Å²) in [6.07, 6.45) is -0.0567. The van der Waals surface area contributed by atoms with Crippen LogP contribution in [0.25, 0.3) is 0 Å². The predicted molar refractivity (Wildman–Crippen MR) is 143 cm³/mol. The van der Waals surface area contributed by atoms with Crippen molar-refractivity contribution < 1.29 is 24.2 Å². The van der Waals surface area contributed by atoms with Crippen molar-refractivity contribution in [3.05, 3.63) is 94.0 Å². The highest BCUT2D eigenvalue weighted by molar-refractivity contribution is 6.03. The molecule has 0 aliphatic carbocycles. The Balaban J connectivity index is 1.27. The number of nitrogens with zero attached hydrogens (tertiary/aromatic N) is 1. The number of benzene rings is 3. The van der Waals surface area contributed by atoms with E-state index in [1.807, 2.05) is 43.3 Å². The summed E-state index contributed by atoms with van der Waals surface area (Å²) in [6.45, 7) is 3.80. The Morgan fingerprint density at radius 3 is 2.74 bits per heavy atom. The lowest BCUT2D eigenvalue weighted by atomic mass is 9.93. The Kier molecular flexibility index (Phi) is 7.62. The van der Waals surface area contributed by atoms with Crippen LogP contribution in [0.3, 0.4) is 0 Å². The first-order valence-electron chi connectivity index (χ1n) is 12.9. The number of fused-ring (bicyclic) bond motifs is 2. The van der Waals surface area contributed by atoms with Crippen LogP contribution in [0.4, 0.5) is 0 Å². The maximum absolute atomic E-state index is 13.2. The van der Waals surface area contributed by atoms with Crippen molar-refractivity contribution in [2.45, 2.75) is 45.1 Å². The molecule has 0 aromatic heterocycles. The molecule has 0 saturated heterocycles. The first-order valence-corrected chi connectivity index (χ1v) is 12.9. The molecule has 2 heterocycles. The van der Waals surface area contributed by atoms with E-state index in [1.165, 1.54) is 11.1 Å². The highest BCUT2D eigenvalue weighted by atomic mass is 16.5. The SMILES string of the molecule is CCOc1cc2c(cc1C(=O)NC[C@@H](O)[C@@H]1Cc3ccccc3CN1)CN(Cc1cccc(OC)c1)C2=O. The Labute approximate surface area is 222 Å². The molecule has 0 bridgehead atoms. The fourth-order valence-corrected chi connectivity index (χ4v) is 5.16. The van der Waals surface area contributed by atoms with Gasteiger partial charge in [-0.2, -0.15) is 0 Å². The third-order valence-corrected chi connectivity index (χ3v) is 7.19. The van der Waals surface area contributed by atoms with Crippen LogP contribution in [0, 0.1) is 0 Å². The fraction of sp³-hybridized carbons (Fsp3) is 0.333. The molecule has 3 aromatic carbocycles.